The summed E-state index contributed by atoms with van der Waals surface area (Å²) in [4.78, 5) is 30.1. The van der Waals surface area contributed by atoms with E-state index < -0.39 is 17.9 Å². The van der Waals surface area contributed by atoms with Crippen LogP contribution in [0.1, 0.15) is 41.9 Å². The first-order valence-electron chi connectivity index (χ1n) is 7.82. The first kappa shape index (κ1) is 17.9. The molecule has 2 saturated carbocycles. The van der Waals surface area contributed by atoms with Crippen molar-refractivity contribution in [3.63, 3.8) is 0 Å². The van der Waals surface area contributed by atoms with E-state index in [1.54, 1.807) is 0 Å². The fraction of sp³-hybridized carbons (Fsp3) is 0.600. The summed E-state index contributed by atoms with van der Waals surface area (Å²) in [6.07, 6.45) is 0.392. The van der Waals surface area contributed by atoms with Crippen molar-refractivity contribution in [1.82, 2.24) is 20.6 Å². The molecule has 2 aliphatic carbocycles. The van der Waals surface area contributed by atoms with Gasteiger partial charge in [-0.3, -0.25) is 9.59 Å². The number of amides is 2. The van der Waals surface area contributed by atoms with Gasteiger partial charge in [0.25, 0.3) is 5.91 Å². The fourth-order valence-corrected chi connectivity index (χ4v) is 3.62. The van der Waals surface area contributed by atoms with E-state index in [9.17, 15) is 22.8 Å². The number of nitrogens with zero attached hydrogens (tertiary/aromatic N) is 2. The summed E-state index contributed by atoms with van der Waals surface area (Å²) in [7, 11) is 0. The highest BCUT2D eigenvalue weighted by Gasteiger charge is 2.59. The predicted molar refractivity (Wildman–Crippen MR) is 81.8 cm³/mol. The van der Waals surface area contributed by atoms with Gasteiger partial charge >= 0.3 is 6.18 Å². The maximum absolute atomic E-state index is 12.5. The standard InChI is InChI=1S/C15H16ClF3N4O2/c16-5-11(24)22-9-4-10(14(9)2-1-3-14)23-12(25)8-6-20-13(21-7-8)15(17,18)19/h6-7,9-10H,1-5H2,(H,22,24)(H,23,25). The summed E-state index contributed by atoms with van der Waals surface area (Å²) in [5.41, 5.74) is -0.222. The second-order valence-electron chi connectivity index (χ2n) is 6.40. The van der Waals surface area contributed by atoms with E-state index in [1.807, 2.05) is 0 Å². The summed E-state index contributed by atoms with van der Waals surface area (Å²) in [6, 6.07) is -0.182. The molecule has 6 nitrogen and oxygen atoms in total. The maximum Gasteiger partial charge on any atom is 0.451 e. The second kappa shape index (κ2) is 6.44. The first-order valence-corrected chi connectivity index (χ1v) is 8.35. The van der Waals surface area contributed by atoms with E-state index in [-0.39, 0.29) is 34.8 Å². The Morgan fingerprint density at radius 1 is 1.20 bits per heavy atom. The molecule has 0 saturated heterocycles. The average Bonchev–Trinajstić information content (AvgIpc) is 2.50. The summed E-state index contributed by atoms with van der Waals surface area (Å²) >= 11 is 5.50. The van der Waals surface area contributed by atoms with Crippen molar-refractivity contribution >= 4 is 23.4 Å². The molecule has 2 atom stereocenters. The molecule has 0 bridgehead atoms. The number of aromatic nitrogens is 2. The van der Waals surface area contributed by atoms with Crippen LogP contribution in [0.5, 0.6) is 0 Å². The number of rotatable bonds is 4. The predicted octanol–water partition coefficient (Wildman–Crippen LogP) is 1.89. The molecule has 10 heteroatoms. The number of hydrogen-bond acceptors (Lipinski definition) is 4. The third-order valence-corrected chi connectivity index (χ3v) is 5.32. The molecule has 1 heterocycles. The van der Waals surface area contributed by atoms with Gasteiger partial charge in [0.2, 0.25) is 11.7 Å². The Hall–Kier alpha value is -1.90. The van der Waals surface area contributed by atoms with Gasteiger partial charge in [-0.25, -0.2) is 9.97 Å². The Kier molecular flexibility index (Phi) is 4.61. The lowest BCUT2D eigenvalue weighted by Crippen LogP contribution is -2.71. The lowest BCUT2D eigenvalue weighted by Gasteiger charge is -2.61. The van der Waals surface area contributed by atoms with Gasteiger partial charge in [0, 0.05) is 29.9 Å². The maximum atomic E-state index is 12.5. The van der Waals surface area contributed by atoms with E-state index in [0.29, 0.717) is 6.42 Å². The molecule has 136 valence electrons. The molecule has 0 radical (unpaired) electrons. The minimum absolute atomic E-state index is 0.0317. The normalized spacial score (nSPS) is 24.2. The van der Waals surface area contributed by atoms with Crippen molar-refractivity contribution in [2.75, 3.05) is 5.88 Å². The lowest BCUT2D eigenvalue weighted by molar-refractivity contribution is -0.145. The summed E-state index contributed by atoms with van der Waals surface area (Å²) < 4.78 is 37.4. The molecular formula is C15H16ClF3N4O2. The third kappa shape index (κ3) is 3.29. The molecule has 1 aromatic heterocycles. The molecule has 2 N–H and O–H groups in total. The zero-order valence-corrected chi connectivity index (χ0v) is 13.8. The van der Waals surface area contributed by atoms with Crippen molar-refractivity contribution in [3.05, 3.63) is 23.8 Å². The largest absolute Gasteiger partial charge is 0.451 e. The minimum Gasteiger partial charge on any atom is -0.352 e. The van der Waals surface area contributed by atoms with Gasteiger partial charge in [0.1, 0.15) is 5.88 Å². The second-order valence-corrected chi connectivity index (χ2v) is 6.66. The van der Waals surface area contributed by atoms with E-state index in [0.717, 1.165) is 31.7 Å². The van der Waals surface area contributed by atoms with E-state index in [2.05, 4.69) is 20.6 Å². The van der Waals surface area contributed by atoms with Crippen molar-refractivity contribution in [3.8, 4) is 0 Å². The van der Waals surface area contributed by atoms with Gasteiger partial charge < -0.3 is 10.6 Å². The van der Waals surface area contributed by atoms with Crippen LogP contribution in [0.3, 0.4) is 0 Å². The SMILES string of the molecule is O=C(CCl)NC1CC(NC(=O)c2cnc(C(F)(F)F)nc2)C12CCC2. The molecule has 2 amide bonds. The number of hydrogen-bond donors (Lipinski definition) is 2. The van der Waals surface area contributed by atoms with E-state index >= 15 is 0 Å². The van der Waals surface area contributed by atoms with E-state index in [4.69, 9.17) is 11.6 Å². The molecule has 0 aliphatic heterocycles. The highest BCUT2D eigenvalue weighted by molar-refractivity contribution is 6.27. The highest BCUT2D eigenvalue weighted by Crippen LogP contribution is 2.56. The van der Waals surface area contributed by atoms with Crippen molar-refractivity contribution in [2.45, 2.75) is 43.9 Å². The molecule has 1 spiro atoms. The van der Waals surface area contributed by atoms with Gasteiger partial charge in [-0.15, -0.1) is 11.6 Å². The summed E-state index contributed by atoms with van der Waals surface area (Å²) in [5.74, 6) is -2.18. The van der Waals surface area contributed by atoms with Gasteiger partial charge in [-0.2, -0.15) is 13.2 Å². The van der Waals surface area contributed by atoms with Crippen LogP contribution in [0.2, 0.25) is 0 Å². The van der Waals surface area contributed by atoms with Crippen LogP contribution in [-0.4, -0.2) is 39.7 Å². The van der Waals surface area contributed by atoms with Crippen LogP contribution in [0, 0.1) is 5.41 Å². The van der Waals surface area contributed by atoms with Crippen LogP contribution >= 0.6 is 11.6 Å². The zero-order chi connectivity index (χ0) is 18.2. The molecule has 25 heavy (non-hydrogen) atoms. The van der Waals surface area contributed by atoms with Gasteiger partial charge in [-0.1, -0.05) is 6.42 Å². The van der Waals surface area contributed by atoms with Crippen LogP contribution in [0.15, 0.2) is 12.4 Å². The topological polar surface area (TPSA) is 84.0 Å². The van der Waals surface area contributed by atoms with Gasteiger partial charge in [0.15, 0.2) is 0 Å². The van der Waals surface area contributed by atoms with Crippen LogP contribution in [0.4, 0.5) is 13.2 Å². The number of carbonyl (C=O) groups excluding carboxylic acids is 2. The molecule has 2 fully saturated rings. The van der Waals surface area contributed by atoms with Gasteiger partial charge in [0.05, 0.1) is 5.56 Å². The van der Waals surface area contributed by atoms with Crippen LogP contribution in [0.25, 0.3) is 0 Å². The molecule has 3 rings (SSSR count). The van der Waals surface area contributed by atoms with E-state index in [1.165, 1.54) is 0 Å². The Balaban J connectivity index is 1.63. The highest BCUT2D eigenvalue weighted by atomic mass is 35.5. The Bertz CT molecular complexity index is 676. The first-order chi connectivity index (χ1) is 11.8. The van der Waals surface area contributed by atoms with Crippen molar-refractivity contribution in [1.29, 1.82) is 0 Å². The molecule has 0 aromatic carbocycles. The lowest BCUT2D eigenvalue weighted by atomic mass is 9.49. The third-order valence-electron chi connectivity index (χ3n) is 5.07. The quantitative estimate of drug-likeness (QED) is 0.786. The number of halogens is 4. The smallest absolute Gasteiger partial charge is 0.352 e. The van der Waals surface area contributed by atoms with Crippen molar-refractivity contribution < 1.29 is 22.8 Å². The summed E-state index contributed by atoms with van der Waals surface area (Å²) in [5, 5.41) is 5.67. The molecular weight excluding hydrogens is 361 g/mol. The average molecular weight is 377 g/mol. The zero-order valence-electron chi connectivity index (χ0n) is 13.1. The van der Waals surface area contributed by atoms with Crippen molar-refractivity contribution in [2.24, 2.45) is 5.41 Å². The number of carbonyl (C=O) groups is 2. The Morgan fingerprint density at radius 3 is 2.28 bits per heavy atom. The summed E-state index contributed by atoms with van der Waals surface area (Å²) in [6.45, 7) is 0. The molecule has 2 unspecified atom stereocenters. The fourth-order valence-electron chi connectivity index (χ4n) is 3.54. The monoisotopic (exact) mass is 376 g/mol. The number of alkyl halides is 4. The number of nitrogens with one attached hydrogen (secondary N) is 2. The Morgan fingerprint density at radius 2 is 1.80 bits per heavy atom. The minimum atomic E-state index is -4.65. The van der Waals surface area contributed by atoms with Crippen LogP contribution < -0.4 is 10.6 Å². The van der Waals surface area contributed by atoms with Gasteiger partial charge in [-0.05, 0) is 19.3 Å². The molecule has 1 aromatic rings. The Labute approximate surface area is 146 Å². The van der Waals surface area contributed by atoms with Crippen LogP contribution in [-0.2, 0) is 11.0 Å². The molecule has 2 aliphatic rings.